The normalized spacial score (nSPS) is 10.0. The summed E-state index contributed by atoms with van der Waals surface area (Å²) >= 11 is 0. The minimum absolute atomic E-state index is 0.100. The Morgan fingerprint density at radius 2 is 2.17 bits per heavy atom. The number of nitrogens with zero attached hydrogens (tertiary/aromatic N) is 3. The fourth-order valence-electron chi connectivity index (χ4n) is 1.44. The van der Waals surface area contributed by atoms with Gasteiger partial charge in [0, 0.05) is 17.7 Å². The van der Waals surface area contributed by atoms with Crippen LogP contribution in [0.1, 0.15) is 16.8 Å². The van der Waals surface area contributed by atoms with Gasteiger partial charge in [0.15, 0.2) is 0 Å². The molecule has 0 fully saturated rings. The van der Waals surface area contributed by atoms with E-state index in [0.717, 1.165) is 12.0 Å². The van der Waals surface area contributed by atoms with E-state index >= 15 is 0 Å². The van der Waals surface area contributed by atoms with Gasteiger partial charge in [-0.1, -0.05) is 18.2 Å². The second-order valence-corrected chi connectivity index (χ2v) is 3.65. The first-order valence-corrected chi connectivity index (χ1v) is 5.54. The van der Waals surface area contributed by atoms with Crippen LogP contribution in [0.4, 0.5) is 0 Å². The molecule has 1 aromatic heterocycles. The van der Waals surface area contributed by atoms with Crippen molar-refractivity contribution in [1.29, 1.82) is 0 Å². The van der Waals surface area contributed by atoms with Gasteiger partial charge in [0.05, 0.1) is 0 Å². The molecule has 0 aliphatic rings. The highest BCUT2D eigenvalue weighted by molar-refractivity contribution is 5.94. The van der Waals surface area contributed by atoms with Crippen LogP contribution in [0.5, 0.6) is 0 Å². The third kappa shape index (κ3) is 2.79. The second-order valence-electron chi connectivity index (χ2n) is 3.65. The van der Waals surface area contributed by atoms with Crippen LogP contribution in [0.2, 0.25) is 0 Å². The van der Waals surface area contributed by atoms with E-state index in [1.807, 2.05) is 0 Å². The number of carbonyl (C=O) groups is 1. The summed E-state index contributed by atoms with van der Waals surface area (Å²) in [7, 11) is 0. The van der Waals surface area contributed by atoms with Gasteiger partial charge in [-0.2, -0.15) is 5.21 Å². The Labute approximate surface area is 104 Å². The van der Waals surface area contributed by atoms with Crippen molar-refractivity contribution < 1.29 is 4.79 Å². The molecule has 1 amide bonds. The van der Waals surface area contributed by atoms with Gasteiger partial charge in [-0.15, -0.1) is 16.8 Å². The van der Waals surface area contributed by atoms with Crippen LogP contribution in [0.25, 0.3) is 11.4 Å². The minimum atomic E-state index is -0.100. The van der Waals surface area contributed by atoms with Crippen LogP contribution in [0.3, 0.4) is 0 Å². The molecule has 0 aliphatic carbocycles. The van der Waals surface area contributed by atoms with Crippen LogP contribution in [0.15, 0.2) is 36.9 Å². The Balaban J connectivity index is 2.03. The van der Waals surface area contributed by atoms with Gasteiger partial charge in [-0.05, 0) is 23.8 Å². The molecule has 2 aromatic rings. The number of nitrogens with one attached hydrogen (secondary N) is 2. The molecule has 0 unspecified atom stereocenters. The molecule has 0 radical (unpaired) electrons. The maximum atomic E-state index is 11.7. The van der Waals surface area contributed by atoms with Crippen LogP contribution >= 0.6 is 0 Å². The molecule has 92 valence electrons. The molecule has 1 aromatic carbocycles. The Morgan fingerprint density at radius 3 is 2.78 bits per heavy atom. The van der Waals surface area contributed by atoms with E-state index in [4.69, 9.17) is 0 Å². The SMILES string of the molecule is C=CCCNC(=O)c1ccc(-c2nn[nH]n2)cc1. The Hall–Kier alpha value is -2.50. The van der Waals surface area contributed by atoms with Crippen molar-refractivity contribution in [2.24, 2.45) is 0 Å². The molecule has 0 spiro atoms. The Kier molecular flexibility index (Phi) is 3.80. The van der Waals surface area contributed by atoms with Gasteiger partial charge in [0.2, 0.25) is 5.82 Å². The molecule has 0 saturated carbocycles. The molecule has 0 aliphatic heterocycles. The highest BCUT2D eigenvalue weighted by Gasteiger charge is 2.06. The maximum Gasteiger partial charge on any atom is 0.251 e. The van der Waals surface area contributed by atoms with E-state index in [1.165, 1.54) is 0 Å². The number of hydrogen-bond acceptors (Lipinski definition) is 4. The summed E-state index contributed by atoms with van der Waals surface area (Å²) in [5.41, 5.74) is 1.41. The van der Waals surface area contributed by atoms with E-state index in [9.17, 15) is 4.79 Å². The van der Waals surface area contributed by atoms with E-state index in [0.29, 0.717) is 17.9 Å². The quantitative estimate of drug-likeness (QED) is 0.610. The summed E-state index contributed by atoms with van der Waals surface area (Å²) in [5.74, 6) is 0.408. The summed E-state index contributed by atoms with van der Waals surface area (Å²) in [6, 6.07) is 7.03. The zero-order valence-corrected chi connectivity index (χ0v) is 9.76. The largest absolute Gasteiger partial charge is 0.352 e. The second kappa shape index (κ2) is 5.72. The number of benzene rings is 1. The van der Waals surface area contributed by atoms with E-state index in [1.54, 1.807) is 30.3 Å². The van der Waals surface area contributed by atoms with Crippen molar-refractivity contribution in [2.75, 3.05) is 6.54 Å². The summed E-state index contributed by atoms with van der Waals surface area (Å²) in [4.78, 5) is 11.7. The molecule has 2 N–H and O–H groups in total. The first-order valence-electron chi connectivity index (χ1n) is 5.54. The molecule has 0 bridgehead atoms. The number of aromatic nitrogens is 4. The summed E-state index contributed by atoms with van der Waals surface area (Å²) in [5, 5.41) is 16.4. The molecule has 18 heavy (non-hydrogen) atoms. The number of aromatic amines is 1. The number of rotatable bonds is 5. The van der Waals surface area contributed by atoms with Crippen molar-refractivity contribution >= 4 is 5.91 Å². The van der Waals surface area contributed by atoms with Crippen LogP contribution in [-0.2, 0) is 0 Å². The molecule has 0 atom stereocenters. The van der Waals surface area contributed by atoms with Gasteiger partial charge in [0.1, 0.15) is 0 Å². The van der Waals surface area contributed by atoms with Crippen LogP contribution in [-0.4, -0.2) is 33.1 Å². The van der Waals surface area contributed by atoms with Crippen molar-refractivity contribution in [3.63, 3.8) is 0 Å². The van der Waals surface area contributed by atoms with Gasteiger partial charge < -0.3 is 5.32 Å². The third-order valence-electron chi connectivity index (χ3n) is 2.38. The van der Waals surface area contributed by atoms with Crippen LogP contribution in [0, 0.1) is 0 Å². The average molecular weight is 243 g/mol. The predicted molar refractivity (Wildman–Crippen MR) is 66.8 cm³/mol. The van der Waals surface area contributed by atoms with E-state index in [2.05, 4.69) is 32.5 Å². The van der Waals surface area contributed by atoms with Gasteiger partial charge in [0.25, 0.3) is 5.91 Å². The number of carbonyl (C=O) groups excluding carboxylic acids is 1. The van der Waals surface area contributed by atoms with Crippen molar-refractivity contribution in [3.8, 4) is 11.4 Å². The lowest BCUT2D eigenvalue weighted by atomic mass is 10.1. The van der Waals surface area contributed by atoms with Crippen molar-refractivity contribution in [1.82, 2.24) is 25.9 Å². The fourth-order valence-corrected chi connectivity index (χ4v) is 1.44. The minimum Gasteiger partial charge on any atom is -0.352 e. The third-order valence-corrected chi connectivity index (χ3v) is 2.38. The zero-order chi connectivity index (χ0) is 12.8. The van der Waals surface area contributed by atoms with Gasteiger partial charge >= 0.3 is 0 Å². The molecule has 6 nitrogen and oxygen atoms in total. The molecular formula is C12H13N5O. The Morgan fingerprint density at radius 1 is 1.39 bits per heavy atom. The number of tetrazole rings is 1. The monoisotopic (exact) mass is 243 g/mol. The lowest BCUT2D eigenvalue weighted by molar-refractivity contribution is 0.0954. The highest BCUT2D eigenvalue weighted by atomic mass is 16.1. The summed E-state index contributed by atoms with van der Waals surface area (Å²) < 4.78 is 0. The van der Waals surface area contributed by atoms with Crippen molar-refractivity contribution in [2.45, 2.75) is 6.42 Å². The molecule has 6 heteroatoms. The lowest BCUT2D eigenvalue weighted by Crippen LogP contribution is -2.23. The number of amides is 1. The van der Waals surface area contributed by atoms with Crippen LogP contribution < -0.4 is 5.32 Å². The van der Waals surface area contributed by atoms with Gasteiger partial charge in [-0.25, -0.2) is 0 Å². The summed E-state index contributed by atoms with van der Waals surface area (Å²) in [6.07, 6.45) is 2.52. The first-order chi connectivity index (χ1) is 8.81. The molecular weight excluding hydrogens is 230 g/mol. The first kappa shape index (κ1) is 12.0. The predicted octanol–water partition coefficient (Wildman–Crippen LogP) is 1.17. The van der Waals surface area contributed by atoms with E-state index in [-0.39, 0.29) is 5.91 Å². The fraction of sp³-hybridized carbons (Fsp3) is 0.167. The summed E-state index contributed by atoms with van der Waals surface area (Å²) in [6.45, 7) is 4.19. The highest BCUT2D eigenvalue weighted by Crippen LogP contribution is 2.13. The topological polar surface area (TPSA) is 83.6 Å². The number of hydrogen-bond donors (Lipinski definition) is 2. The standard InChI is InChI=1S/C12H13N5O/c1-2-3-8-13-12(18)10-6-4-9(5-7-10)11-14-16-17-15-11/h2,4-7H,1,3,8H2,(H,13,18)(H,14,15,16,17). The van der Waals surface area contributed by atoms with E-state index < -0.39 is 0 Å². The molecule has 1 heterocycles. The maximum absolute atomic E-state index is 11.7. The number of H-pyrrole nitrogens is 1. The lowest BCUT2D eigenvalue weighted by Gasteiger charge is -2.03. The Bertz CT molecular complexity index is 518. The molecule has 2 rings (SSSR count). The molecule has 0 saturated heterocycles. The van der Waals surface area contributed by atoms with Gasteiger partial charge in [-0.3, -0.25) is 4.79 Å². The van der Waals surface area contributed by atoms with Crippen molar-refractivity contribution in [3.05, 3.63) is 42.5 Å². The smallest absolute Gasteiger partial charge is 0.251 e. The zero-order valence-electron chi connectivity index (χ0n) is 9.76. The average Bonchev–Trinajstić information content (AvgIpc) is 2.93.